The van der Waals surface area contributed by atoms with E-state index in [0.717, 1.165) is 4.47 Å². The Kier molecular flexibility index (Phi) is 5.30. The molecule has 1 aliphatic heterocycles. The van der Waals surface area contributed by atoms with Crippen LogP contribution in [-0.2, 0) is 9.59 Å². The molecule has 1 atom stereocenters. The highest BCUT2D eigenvalue weighted by atomic mass is 79.9. The minimum Gasteiger partial charge on any atom is -0.495 e. The van der Waals surface area contributed by atoms with Crippen LogP contribution in [0.15, 0.2) is 46.9 Å². The third kappa shape index (κ3) is 3.80. The molecule has 0 radical (unpaired) electrons. The second-order valence-electron chi connectivity index (χ2n) is 5.69. The predicted octanol–water partition coefficient (Wildman–Crippen LogP) is 4.10. The summed E-state index contributed by atoms with van der Waals surface area (Å²) in [6.07, 6.45) is 0.151. The van der Waals surface area contributed by atoms with Crippen LogP contribution in [0.3, 0.4) is 0 Å². The van der Waals surface area contributed by atoms with Crippen LogP contribution in [0.1, 0.15) is 6.42 Å². The third-order valence-corrected chi connectivity index (χ3v) is 4.87. The first kappa shape index (κ1) is 17.8. The van der Waals surface area contributed by atoms with Crippen molar-refractivity contribution < 1.29 is 14.3 Å². The molecule has 1 N–H and O–H groups in total. The molecule has 3 rings (SSSR count). The number of ether oxygens (including phenoxy) is 1. The number of rotatable bonds is 4. The highest BCUT2D eigenvalue weighted by Crippen LogP contribution is 2.33. The summed E-state index contributed by atoms with van der Waals surface area (Å²) in [7, 11) is 1.55. The number of hydrogen-bond acceptors (Lipinski definition) is 3. The van der Waals surface area contributed by atoms with Crippen LogP contribution in [0.2, 0.25) is 5.02 Å². The van der Waals surface area contributed by atoms with Gasteiger partial charge in [0.05, 0.1) is 29.4 Å². The minimum atomic E-state index is -0.447. The minimum absolute atomic E-state index is 0.105. The quantitative estimate of drug-likeness (QED) is 0.805. The molecule has 5 nitrogen and oxygen atoms in total. The highest BCUT2D eigenvalue weighted by molar-refractivity contribution is 9.10. The summed E-state index contributed by atoms with van der Waals surface area (Å²) in [6.45, 7) is 0.305. The number of nitrogens with zero attached hydrogens (tertiary/aromatic N) is 1. The Morgan fingerprint density at radius 3 is 2.80 bits per heavy atom. The van der Waals surface area contributed by atoms with Gasteiger partial charge in [0.25, 0.3) is 0 Å². The van der Waals surface area contributed by atoms with Crippen LogP contribution >= 0.6 is 27.5 Å². The van der Waals surface area contributed by atoms with Crippen molar-refractivity contribution in [1.82, 2.24) is 0 Å². The van der Waals surface area contributed by atoms with Crippen molar-refractivity contribution in [2.45, 2.75) is 6.42 Å². The summed E-state index contributed by atoms with van der Waals surface area (Å²) in [4.78, 5) is 26.5. The van der Waals surface area contributed by atoms with E-state index in [1.807, 2.05) is 18.2 Å². The molecule has 0 aliphatic carbocycles. The largest absolute Gasteiger partial charge is 0.495 e. The Hall–Kier alpha value is -2.05. The van der Waals surface area contributed by atoms with Crippen molar-refractivity contribution in [3.63, 3.8) is 0 Å². The van der Waals surface area contributed by atoms with E-state index in [-0.39, 0.29) is 18.2 Å². The number of carbonyl (C=O) groups is 2. The summed E-state index contributed by atoms with van der Waals surface area (Å²) in [6, 6.07) is 12.5. The highest BCUT2D eigenvalue weighted by Gasteiger charge is 2.36. The van der Waals surface area contributed by atoms with Crippen molar-refractivity contribution in [3.8, 4) is 5.75 Å². The molecule has 25 heavy (non-hydrogen) atoms. The van der Waals surface area contributed by atoms with Crippen LogP contribution in [0.5, 0.6) is 5.75 Å². The summed E-state index contributed by atoms with van der Waals surface area (Å²) < 4.78 is 6.14. The van der Waals surface area contributed by atoms with Crippen LogP contribution in [0.25, 0.3) is 0 Å². The Morgan fingerprint density at radius 1 is 1.32 bits per heavy atom. The van der Waals surface area contributed by atoms with E-state index in [9.17, 15) is 9.59 Å². The number of nitrogens with one attached hydrogen (secondary N) is 1. The van der Waals surface area contributed by atoms with Gasteiger partial charge in [0.15, 0.2) is 0 Å². The zero-order valence-electron chi connectivity index (χ0n) is 13.5. The molecule has 1 saturated heterocycles. The van der Waals surface area contributed by atoms with Crippen LogP contribution in [-0.4, -0.2) is 25.5 Å². The molecular weight excluding hydrogens is 408 g/mol. The van der Waals surface area contributed by atoms with Crippen LogP contribution < -0.4 is 15.0 Å². The van der Waals surface area contributed by atoms with Crippen molar-refractivity contribution in [3.05, 3.63) is 52.0 Å². The fourth-order valence-electron chi connectivity index (χ4n) is 2.79. The Balaban J connectivity index is 1.74. The lowest BCUT2D eigenvalue weighted by molar-refractivity contribution is -0.122. The smallest absolute Gasteiger partial charge is 0.229 e. The summed E-state index contributed by atoms with van der Waals surface area (Å²) >= 11 is 9.46. The maximum Gasteiger partial charge on any atom is 0.229 e. The molecule has 0 spiro atoms. The first-order chi connectivity index (χ1) is 12.0. The monoisotopic (exact) mass is 422 g/mol. The Labute approximate surface area is 159 Å². The number of methoxy groups -OCH3 is 1. The number of hydrogen-bond donors (Lipinski definition) is 1. The van der Waals surface area contributed by atoms with Crippen LogP contribution in [0, 0.1) is 5.92 Å². The van der Waals surface area contributed by atoms with E-state index < -0.39 is 5.92 Å². The fraction of sp³-hybridized carbons (Fsp3) is 0.222. The van der Waals surface area contributed by atoms with Gasteiger partial charge in [0, 0.05) is 17.4 Å². The number of amides is 2. The lowest BCUT2D eigenvalue weighted by Gasteiger charge is -2.19. The molecule has 2 amide bonds. The summed E-state index contributed by atoms with van der Waals surface area (Å²) in [5.74, 6) is -0.175. The molecule has 1 fully saturated rings. The maximum atomic E-state index is 12.5. The second-order valence-corrected chi connectivity index (χ2v) is 7.01. The fourth-order valence-corrected chi connectivity index (χ4v) is 3.52. The van der Waals surface area contributed by atoms with Crippen LogP contribution in [0.4, 0.5) is 11.4 Å². The second kappa shape index (κ2) is 7.45. The van der Waals surface area contributed by atoms with Gasteiger partial charge in [0.2, 0.25) is 11.8 Å². The van der Waals surface area contributed by atoms with Gasteiger partial charge in [0.1, 0.15) is 5.75 Å². The van der Waals surface area contributed by atoms with Gasteiger partial charge in [-0.15, -0.1) is 0 Å². The molecule has 0 aromatic heterocycles. The van der Waals surface area contributed by atoms with Crippen molar-refractivity contribution >= 4 is 50.7 Å². The van der Waals surface area contributed by atoms with Gasteiger partial charge in [-0.25, -0.2) is 0 Å². The number of benzene rings is 2. The number of anilines is 2. The number of carbonyl (C=O) groups excluding carboxylic acids is 2. The normalized spacial score (nSPS) is 16.8. The summed E-state index contributed by atoms with van der Waals surface area (Å²) in [5.41, 5.74) is 1.20. The molecule has 2 aromatic rings. The topological polar surface area (TPSA) is 58.6 Å². The predicted molar refractivity (Wildman–Crippen MR) is 101 cm³/mol. The molecule has 0 bridgehead atoms. The molecule has 2 aromatic carbocycles. The van der Waals surface area contributed by atoms with Gasteiger partial charge in [-0.1, -0.05) is 39.7 Å². The standard InChI is InChI=1S/C18H16BrClN2O3/c1-25-16-5-3-2-4-15(16)22-10-11(8-17(22)23)18(24)21-14-7-6-12(19)9-13(14)20/h2-7,9,11H,8,10H2,1H3,(H,21,24)/t11-/m0/s1. The first-order valence-corrected chi connectivity index (χ1v) is 8.86. The number of halogens is 2. The third-order valence-electron chi connectivity index (χ3n) is 4.06. The molecule has 0 unspecified atom stereocenters. The molecule has 7 heteroatoms. The van der Waals surface area contributed by atoms with Crippen molar-refractivity contribution in [1.29, 1.82) is 0 Å². The van der Waals surface area contributed by atoms with E-state index in [0.29, 0.717) is 28.7 Å². The van der Waals surface area contributed by atoms with Gasteiger partial charge in [-0.2, -0.15) is 0 Å². The first-order valence-electron chi connectivity index (χ1n) is 7.69. The molecule has 1 heterocycles. The molecular formula is C18H16BrClN2O3. The molecule has 130 valence electrons. The SMILES string of the molecule is COc1ccccc1N1C[C@@H](C(=O)Nc2ccc(Br)cc2Cl)CC1=O. The lowest BCUT2D eigenvalue weighted by Crippen LogP contribution is -2.28. The van der Waals surface area contributed by atoms with Gasteiger partial charge >= 0.3 is 0 Å². The van der Waals surface area contributed by atoms with E-state index in [4.69, 9.17) is 16.3 Å². The van der Waals surface area contributed by atoms with E-state index in [2.05, 4.69) is 21.2 Å². The van der Waals surface area contributed by atoms with E-state index >= 15 is 0 Å². The maximum absolute atomic E-state index is 12.5. The zero-order valence-corrected chi connectivity index (χ0v) is 15.8. The van der Waals surface area contributed by atoms with Crippen molar-refractivity contribution in [2.75, 3.05) is 23.9 Å². The Bertz CT molecular complexity index is 828. The van der Waals surface area contributed by atoms with Gasteiger partial charge < -0.3 is 15.0 Å². The lowest BCUT2D eigenvalue weighted by atomic mass is 10.1. The van der Waals surface area contributed by atoms with Gasteiger partial charge in [-0.05, 0) is 30.3 Å². The van der Waals surface area contributed by atoms with E-state index in [1.54, 1.807) is 36.3 Å². The molecule has 1 aliphatic rings. The summed E-state index contributed by atoms with van der Waals surface area (Å²) in [5, 5.41) is 3.24. The van der Waals surface area contributed by atoms with E-state index in [1.165, 1.54) is 0 Å². The average molecular weight is 424 g/mol. The Morgan fingerprint density at radius 2 is 2.08 bits per heavy atom. The van der Waals surface area contributed by atoms with Crippen molar-refractivity contribution in [2.24, 2.45) is 5.92 Å². The number of para-hydroxylation sites is 2. The van der Waals surface area contributed by atoms with Gasteiger partial charge in [-0.3, -0.25) is 9.59 Å². The molecule has 0 saturated carbocycles. The zero-order chi connectivity index (χ0) is 18.0. The average Bonchev–Trinajstić information content (AvgIpc) is 2.99.